The van der Waals surface area contributed by atoms with E-state index in [-0.39, 0.29) is 5.91 Å². The Labute approximate surface area is 134 Å². The summed E-state index contributed by atoms with van der Waals surface area (Å²) in [5, 5.41) is 6.36. The Morgan fingerprint density at radius 1 is 1.22 bits per heavy atom. The number of nitrogens with one attached hydrogen (secondary N) is 3. The molecule has 23 heavy (non-hydrogen) atoms. The van der Waals surface area contributed by atoms with Crippen LogP contribution in [0, 0.1) is 0 Å². The topological polar surface area (TPSA) is 69.8 Å². The third kappa shape index (κ3) is 2.71. The Kier molecular flexibility index (Phi) is 3.55. The van der Waals surface area contributed by atoms with Crippen LogP contribution in [0.2, 0.25) is 0 Å². The van der Waals surface area contributed by atoms with Gasteiger partial charge in [-0.2, -0.15) is 0 Å². The summed E-state index contributed by atoms with van der Waals surface area (Å²) in [7, 11) is 0. The zero-order valence-corrected chi connectivity index (χ0v) is 12.7. The van der Waals surface area contributed by atoms with E-state index in [9.17, 15) is 4.79 Å². The number of aromatic amines is 1. The first-order chi connectivity index (χ1) is 11.3. The van der Waals surface area contributed by atoms with Crippen molar-refractivity contribution in [3.63, 3.8) is 0 Å². The monoisotopic (exact) mass is 306 g/mol. The zero-order valence-electron chi connectivity index (χ0n) is 12.7. The second kappa shape index (κ2) is 5.85. The smallest absolute Gasteiger partial charge is 0.255 e. The minimum atomic E-state index is -0.0636. The van der Waals surface area contributed by atoms with E-state index in [1.165, 1.54) is 0 Å². The Bertz CT molecular complexity index is 849. The van der Waals surface area contributed by atoms with Gasteiger partial charge < -0.3 is 15.6 Å². The fourth-order valence-electron chi connectivity index (χ4n) is 3.19. The molecule has 1 aliphatic heterocycles. The number of benzene rings is 2. The first kappa shape index (κ1) is 14.0. The van der Waals surface area contributed by atoms with Crippen LogP contribution < -0.4 is 10.6 Å². The Hall–Kier alpha value is -2.66. The summed E-state index contributed by atoms with van der Waals surface area (Å²) in [4.78, 5) is 20.0. The summed E-state index contributed by atoms with van der Waals surface area (Å²) in [6.45, 7) is 1.95. The van der Waals surface area contributed by atoms with E-state index in [4.69, 9.17) is 0 Å². The van der Waals surface area contributed by atoms with Gasteiger partial charge in [-0.25, -0.2) is 4.98 Å². The van der Waals surface area contributed by atoms with E-state index in [1.807, 2.05) is 36.4 Å². The van der Waals surface area contributed by atoms with Crippen LogP contribution in [-0.2, 0) is 0 Å². The van der Waals surface area contributed by atoms with Gasteiger partial charge in [0.25, 0.3) is 5.91 Å². The number of rotatable bonds is 3. The summed E-state index contributed by atoms with van der Waals surface area (Å²) in [6, 6.07) is 13.6. The van der Waals surface area contributed by atoms with Gasteiger partial charge in [-0.05, 0) is 48.7 Å². The molecule has 3 aromatic rings. The summed E-state index contributed by atoms with van der Waals surface area (Å²) >= 11 is 0. The van der Waals surface area contributed by atoms with Crippen LogP contribution in [-0.4, -0.2) is 29.0 Å². The van der Waals surface area contributed by atoms with Crippen LogP contribution in [0.15, 0.2) is 48.8 Å². The van der Waals surface area contributed by atoms with Gasteiger partial charge in [0, 0.05) is 17.8 Å². The maximum atomic E-state index is 12.7. The molecule has 0 spiro atoms. The number of anilines is 1. The molecule has 4 rings (SSSR count). The number of fused-ring (bicyclic) bond motifs is 1. The van der Waals surface area contributed by atoms with Crippen molar-refractivity contribution in [3.05, 3.63) is 59.9 Å². The van der Waals surface area contributed by atoms with Gasteiger partial charge in [0.1, 0.15) is 0 Å². The highest BCUT2D eigenvalue weighted by molar-refractivity contribution is 6.06. The highest BCUT2D eigenvalue weighted by Gasteiger charge is 2.22. The molecule has 0 radical (unpaired) electrons. The molecule has 3 N–H and O–H groups in total. The number of imidazole rings is 1. The SMILES string of the molecule is O=C(Nc1ccc2nc[nH]c2c1)c1ccccc1C1CCNC1. The number of amides is 1. The average molecular weight is 306 g/mol. The van der Waals surface area contributed by atoms with Crippen molar-refractivity contribution in [2.45, 2.75) is 12.3 Å². The second-order valence-corrected chi connectivity index (χ2v) is 5.87. The van der Waals surface area contributed by atoms with Gasteiger partial charge in [0.15, 0.2) is 0 Å². The van der Waals surface area contributed by atoms with Crippen molar-refractivity contribution in [1.29, 1.82) is 0 Å². The molecule has 0 saturated carbocycles. The molecule has 1 saturated heterocycles. The molecule has 5 nitrogen and oxygen atoms in total. The van der Waals surface area contributed by atoms with E-state index in [0.717, 1.165) is 47.4 Å². The summed E-state index contributed by atoms with van der Waals surface area (Å²) in [5.74, 6) is 0.346. The van der Waals surface area contributed by atoms with Crippen LogP contribution in [0.5, 0.6) is 0 Å². The minimum Gasteiger partial charge on any atom is -0.345 e. The maximum absolute atomic E-state index is 12.7. The third-order valence-electron chi connectivity index (χ3n) is 4.38. The fraction of sp³-hybridized carbons (Fsp3) is 0.222. The lowest BCUT2D eigenvalue weighted by Crippen LogP contribution is -2.17. The van der Waals surface area contributed by atoms with Crippen molar-refractivity contribution < 1.29 is 4.79 Å². The van der Waals surface area contributed by atoms with Gasteiger partial charge in [0.2, 0.25) is 0 Å². The molecule has 1 fully saturated rings. The van der Waals surface area contributed by atoms with E-state index in [1.54, 1.807) is 6.33 Å². The van der Waals surface area contributed by atoms with Crippen LogP contribution in [0.25, 0.3) is 11.0 Å². The predicted octanol–water partition coefficient (Wildman–Crippen LogP) is 2.89. The van der Waals surface area contributed by atoms with Crippen LogP contribution in [0.4, 0.5) is 5.69 Å². The molecule has 5 heteroatoms. The van der Waals surface area contributed by atoms with E-state index in [0.29, 0.717) is 5.92 Å². The summed E-state index contributed by atoms with van der Waals surface area (Å²) in [5.41, 5.74) is 4.45. The molecule has 1 unspecified atom stereocenters. The highest BCUT2D eigenvalue weighted by atomic mass is 16.1. The number of hydrogen-bond donors (Lipinski definition) is 3. The second-order valence-electron chi connectivity index (χ2n) is 5.87. The number of carbonyl (C=O) groups is 1. The van der Waals surface area contributed by atoms with Gasteiger partial charge in [-0.3, -0.25) is 4.79 Å². The zero-order chi connectivity index (χ0) is 15.6. The van der Waals surface area contributed by atoms with Crippen molar-refractivity contribution in [1.82, 2.24) is 15.3 Å². The quantitative estimate of drug-likeness (QED) is 0.697. The maximum Gasteiger partial charge on any atom is 0.255 e. The van der Waals surface area contributed by atoms with Gasteiger partial charge >= 0.3 is 0 Å². The lowest BCUT2D eigenvalue weighted by atomic mass is 9.93. The highest BCUT2D eigenvalue weighted by Crippen LogP contribution is 2.26. The van der Waals surface area contributed by atoms with E-state index >= 15 is 0 Å². The number of hydrogen-bond acceptors (Lipinski definition) is 3. The van der Waals surface area contributed by atoms with Crippen molar-refractivity contribution in [2.24, 2.45) is 0 Å². The number of H-pyrrole nitrogens is 1. The number of aromatic nitrogens is 2. The number of carbonyl (C=O) groups excluding carboxylic acids is 1. The standard InChI is InChI=1S/C18H18N4O/c23-18(22-13-5-6-16-17(9-13)21-11-20-16)15-4-2-1-3-14(15)12-7-8-19-10-12/h1-6,9,11-12,19H,7-8,10H2,(H,20,21)(H,22,23). The fourth-order valence-corrected chi connectivity index (χ4v) is 3.19. The van der Waals surface area contributed by atoms with Gasteiger partial charge in [-0.1, -0.05) is 18.2 Å². The number of nitrogens with zero attached hydrogens (tertiary/aromatic N) is 1. The van der Waals surface area contributed by atoms with Crippen LogP contribution >= 0.6 is 0 Å². The molecule has 1 atom stereocenters. The molecule has 2 heterocycles. The lowest BCUT2D eigenvalue weighted by Gasteiger charge is -2.14. The normalized spacial score (nSPS) is 17.5. The van der Waals surface area contributed by atoms with Crippen LogP contribution in [0.1, 0.15) is 28.3 Å². The van der Waals surface area contributed by atoms with Gasteiger partial charge in [-0.15, -0.1) is 0 Å². The largest absolute Gasteiger partial charge is 0.345 e. The molecule has 2 aromatic carbocycles. The molecule has 1 amide bonds. The molecule has 1 aromatic heterocycles. The molecular weight excluding hydrogens is 288 g/mol. The third-order valence-corrected chi connectivity index (χ3v) is 4.38. The first-order valence-corrected chi connectivity index (χ1v) is 7.85. The molecule has 0 aliphatic carbocycles. The summed E-state index contributed by atoms with van der Waals surface area (Å²) in [6.07, 6.45) is 2.73. The van der Waals surface area contributed by atoms with Crippen molar-refractivity contribution in [3.8, 4) is 0 Å². The van der Waals surface area contributed by atoms with E-state index in [2.05, 4.69) is 26.7 Å². The minimum absolute atomic E-state index is 0.0636. The average Bonchev–Trinajstić information content (AvgIpc) is 3.26. The summed E-state index contributed by atoms with van der Waals surface area (Å²) < 4.78 is 0. The predicted molar refractivity (Wildman–Crippen MR) is 90.7 cm³/mol. The molecular formula is C18H18N4O. The Balaban J connectivity index is 1.61. The first-order valence-electron chi connectivity index (χ1n) is 7.85. The molecule has 1 aliphatic rings. The lowest BCUT2D eigenvalue weighted by molar-refractivity contribution is 0.102. The van der Waals surface area contributed by atoms with E-state index < -0.39 is 0 Å². The Morgan fingerprint density at radius 3 is 3.00 bits per heavy atom. The Morgan fingerprint density at radius 2 is 2.13 bits per heavy atom. The van der Waals surface area contributed by atoms with Crippen molar-refractivity contribution >= 4 is 22.6 Å². The van der Waals surface area contributed by atoms with Crippen molar-refractivity contribution in [2.75, 3.05) is 18.4 Å². The van der Waals surface area contributed by atoms with Gasteiger partial charge in [0.05, 0.1) is 17.4 Å². The molecule has 0 bridgehead atoms. The van der Waals surface area contributed by atoms with Crippen LogP contribution in [0.3, 0.4) is 0 Å². The molecule has 116 valence electrons.